The van der Waals surface area contributed by atoms with Crippen molar-refractivity contribution in [1.29, 1.82) is 0 Å². The fourth-order valence-corrected chi connectivity index (χ4v) is 5.56. The number of rotatable bonds is 5. The Kier molecular flexibility index (Phi) is 11.0. The van der Waals surface area contributed by atoms with Crippen molar-refractivity contribution < 1.29 is 33.7 Å². The van der Waals surface area contributed by atoms with Crippen LogP contribution in [-0.4, -0.2) is 46.8 Å². The number of carbonyl (C=O) groups is 2. The number of aliphatic hydroxyl groups is 1. The molecule has 1 amide bonds. The van der Waals surface area contributed by atoms with Gasteiger partial charge >= 0.3 is 5.97 Å². The molecule has 0 saturated heterocycles. The van der Waals surface area contributed by atoms with Crippen LogP contribution >= 0.6 is 0 Å². The van der Waals surface area contributed by atoms with E-state index < -0.39 is 17.4 Å². The summed E-state index contributed by atoms with van der Waals surface area (Å²) in [6.45, 7) is 14.5. The molecular weight excluding hydrogens is 549 g/mol. The van der Waals surface area contributed by atoms with Crippen molar-refractivity contribution >= 4 is 12.4 Å². The molecule has 0 radical (unpaired) electrons. The molecule has 0 aromatic heterocycles. The third-order valence-electron chi connectivity index (χ3n) is 7.53. The normalized spacial score (nSPS) is 13.4. The van der Waals surface area contributed by atoms with Gasteiger partial charge in [0.05, 0.1) is 25.7 Å². The van der Waals surface area contributed by atoms with E-state index in [1.54, 1.807) is 32.8 Å². The number of carboxylic acid groups (broad SMARTS) is 1. The molecule has 3 aromatic rings. The van der Waals surface area contributed by atoms with Gasteiger partial charge in [-0.3, -0.25) is 9.59 Å². The summed E-state index contributed by atoms with van der Waals surface area (Å²) >= 11 is 0. The van der Waals surface area contributed by atoms with Gasteiger partial charge in [-0.15, -0.1) is 0 Å². The maximum absolute atomic E-state index is 14.9. The first-order chi connectivity index (χ1) is 20.2. The molecule has 0 unspecified atom stereocenters. The first kappa shape index (κ1) is 33.6. The molecule has 0 fully saturated rings. The van der Waals surface area contributed by atoms with Gasteiger partial charge in [-0.2, -0.15) is 0 Å². The largest absolute Gasteiger partial charge is 0.497 e. The zero-order valence-electron chi connectivity index (χ0n) is 26.6. The maximum Gasteiger partial charge on any atom is 0.307 e. The van der Waals surface area contributed by atoms with Crippen molar-refractivity contribution in [1.82, 2.24) is 4.90 Å². The molecule has 0 bridgehead atoms. The molecule has 0 aliphatic carbocycles. The quantitative estimate of drug-likeness (QED) is 0.323. The fourth-order valence-electron chi connectivity index (χ4n) is 5.56. The number of aryl methyl sites for hydroxylation is 1. The lowest BCUT2D eigenvalue weighted by atomic mass is 9.81. The Bertz CT molecular complexity index is 1490. The third-order valence-corrected chi connectivity index (χ3v) is 7.53. The van der Waals surface area contributed by atoms with Gasteiger partial charge in [0.15, 0.2) is 11.6 Å². The molecule has 2 heterocycles. The smallest absolute Gasteiger partial charge is 0.307 e. The molecule has 43 heavy (non-hydrogen) atoms. The summed E-state index contributed by atoms with van der Waals surface area (Å²) in [7, 11) is 1.68. The zero-order valence-corrected chi connectivity index (χ0v) is 26.6. The molecule has 2 aliphatic heterocycles. The molecule has 2 aliphatic rings. The van der Waals surface area contributed by atoms with Crippen LogP contribution in [0.5, 0.6) is 11.5 Å². The molecule has 3 aromatic carbocycles. The molecule has 232 valence electrons. The Morgan fingerprint density at radius 3 is 2.21 bits per heavy atom. The minimum Gasteiger partial charge on any atom is -0.497 e. The second-order valence-corrected chi connectivity index (χ2v) is 12.1. The number of nitrogens with zero attached hydrogens (tertiary/aromatic N) is 1. The highest BCUT2D eigenvalue weighted by atomic mass is 19.1. The second kappa shape index (κ2) is 14.0. The summed E-state index contributed by atoms with van der Waals surface area (Å²) in [5.74, 6) is -0.0954. The number of aliphatic carboxylic acids is 1. The molecule has 5 rings (SSSR count). The monoisotopic (exact) mass is 593 g/mol. The van der Waals surface area contributed by atoms with Crippen molar-refractivity contribution in [2.75, 3.05) is 13.7 Å². The van der Waals surface area contributed by atoms with Gasteiger partial charge in [-0.25, -0.2) is 4.39 Å². The average Bonchev–Trinajstić information content (AvgIpc) is 3.39. The number of fused-ring (bicyclic) bond motifs is 2. The molecule has 2 N–H and O–H groups in total. The number of carbonyl (C=O) groups excluding carboxylic acids is 1. The minimum absolute atomic E-state index is 0.148. The Morgan fingerprint density at radius 1 is 1.05 bits per heavy atom. The molecular formula is C35H44FNO6. The number of halogens is 1. The van der Waals surface area contributed by atoms with Crippen LogP contribution in [0, 0.1) is 33.5 Å². The Hall–Kier alpha value is -3.91. The van der Waals surface area contributed by atoms with Crippen LogP contribution in [-0.2, 0) is 35.5 Å². The van der Waals surface area contributed by atoms with E-state index in [4.69, 9.17) is 14.6 Å². The Morgan fingerprint density at radius 2 is 1.67 bits per heavy atom. The van der Waals surface area contributed by atoms with Crippen molar-refractivity contribution in [2.24, 2.45) is 0 Å². The molecule has 7 nitrogen and oxygen atoms in total. The van der Waals surface area contributed by atoms with E-state index in [2.05, 4.69) is 0 Å². The van der Waals surface area contributed by atoms with Gasteiger partial charge in [0.25, 0.3) is 0 Å². The lowest BCUT2D eigenvalue weighted by Crippen LogP contribution is -2.14. The predicted molar refractivity (Wildman–Crippen MR) is 166 cm³/mol. The average molecular weight is 594 g/mol. The predicted octanol–water partition coefficient (Wildman–Crippen LogP) is 6.62. The van der Waals surface area contributed by atoms with E-state index in [1.807, 2.05) is 52.0 Å². The topological polar surface area (TPSA) is 96.3 Å². The first-order valence-electron chi connectivity index (χ1n) is 14.5. The van der Waals surface area contributed by atoms with Gasteiger partial charge in [0, 0.05) is 18.7 Å². The Labute approximate surface area is 254 Å². The lowest BCUT2D eigenvalue weighted by molar-refractivity contribution is -0.136. The van der Waals surface area contributed by atoms with E-state index in [0.717, 1.165) is 69.5 Å². The molecule has 8 heteroatoms. The standard InChI is InChI=1S/C23H24FNO4.C8H10O.C4H10O/c1-12-15-5-4-6-29-23(15)20(24)7-16(12)22-14(3)19-10-25(11-26)9-18(19)13(2)17(22)8-21(27)28;1-7-4-3-5-8(6-7)9-2;1-4(2,3)5/h7,11H,4-6,8-10H2,1-3H3,(H,27,28);3-6H,1-2H3;5H,1-3H3. The third kappa shape index (κ3) is 8.35. The van der Waals surface area contributed by atoms with Crippen molar-refractivity contribution in [3.8, 4) is 22.6 Å². The molecule has 0 saturated carbocycles. The van der Waals surface area contributed by atoms with Crippen molar-refractivity contribution in [3.05, 3.63) is 80.7 Å². The summed E-state index contributed by atoms with van der Waals surface area (Å²) in [5.41, 5.74) is 8.56. The van der Waals surface area contributed by atoms with Gasteiger partial charge in [0.1, 0.15) is 5.75 Å². The van der Waals surface area contributed by atoms with Crippen LogP contribution in [0.25, 0.3) is 11.1 Å². The van der Waals surface area contributed by atoms with Crippen LogP contribution in [0.15, 0.2) is 30.3 Å². The highest BCUT2D eigenvalue weighted by Crippen LogP contribution is 2.43. The van der Waals surface area contributed by atoms with E-state index in [0.29, 0.717) is 31.0 Å². The first-order valence-corrected chi connectivity index (χ1v) is 14.5. The van der Waals surface area contributed by atoms with Crippen molar-refractivity contribution in [2.45, 2.75) is 86.4 Å². The maximum atomic E-state index is 14.9. The SMILES string of the molecule is CC(C)(C)O.COc1cccc(C)c1.Cc1c(-c2c(C)c3c(c(C)c2CC(=O)O)CN(C=O)C3)cc(F)c2c1CCCO2. The summed E-state index contributed by atoms with van der Waals surface area (Å²) in [4.78, 5) is 24.7. The second-order valence-electron chi connectivity index (χ2n) is 12.1. The minimum atomic E-state index is -0.932. The van der Waals surface area contributed by atoms with Gasteiger partial charge in [-0.1, -0.05) is 12.1 Å². The summed E-state index contributed by atoms with van der Waals surface area (Å²) in [6.07, 6.45) is 2.24. The number of carboxylic acids is 1. The van der Waals surface area contributed by atoms with Crippen LogP contribution in [0.4, 0.5) is 4.39 Å². The van der Waals surface area contributed by atoms with Crippen LogP contribution < -0.4 is 9.47 Å². The highest BCUT2D eigenvalue weighted by Gasteiger charge is 2.30. The number of benzene rings is 3. The molecule has 0 atom stereocenters. The van der Waals surface area contributed by atoms with Crippen LogP contribution in [0.3, 0.4) is 0 Å². The van der Waals surface area contributed by atoms with E-state index in [9.17, 15) is 19.1 Å². The summed E-state index contributed by atoms with van der Waals surface area (Å²) < 4.78 is 25.5. The number of hydrogen-bond donors (Lipinski definition) is 2. The van der Waals surface area contributed by atoms with Crippen LogP contribution in [0.1, 0.15) is 71.7 Å². The summed E-state index contributed by atoms with van der Waals surface area (Å²) in [5, 5.41) is 18.1. The zero-order chi connectivity index (χ0) is 32.1. The van der Waals surface area contributed by atoms with Crippen molar-refractivity contribution in [3.63, 3.8) is 0 Å². The number of amides is 1. The molecule has 0 spiro atoms. The fraction of sp³-hybridized carbons (Fsp3) is 0.429. The van der Waals surface area contributed by atoms with Gasteiger partial charge in [0.2, 0.25) is 6.41 Å². The lowest BCUT2D eigenvalue weighted by Gasteiger charge is -2.25. The highest BCUT2D eigenvalue weighted by molar-refractivity contribution is 5.84. The van der Waals surface area contributed by atoms with E-state index in [-0.39, 0.29) is 6.42 Å². The van der Waals surface area contributed by atoms with E-state index in [1.165, 1.54) is 11.6 Å². The van der Waals surface area contributed by atoms with Gasteiger partial charge < -0.3 is 24.6 Å². The Balaban J connectivity index is 0.000000299. The number of hydrogen-bond acceptors (Lipinski definition) is 5. The number of ether oxygens (including phenoxy) is 2. The van der Waals surface area contributed by atoms with Crippen LogP contribution in [0.2, 0.25) is 0 Å². The summed E-state index contributed by atoms with van der Waals surface area (Å²) in [6, 6.07) is 9.44. The number of methoxy groups -OCH3 is 1. The van der Waals surface area contributed by atoms with E-state index >= 15 is 0 Å². The van der Waals surface area contributed by atoms with Gasteiger partial charge in [-0.05, 0) is 130 Å².